The lowest BCUT2D eigenvalue weighted by Gasteiger charge is -1.99. The Morgan fingerprint density at radius 3 is 2.50 bits per heavy atom. The van der Waals surface area contributed by atoms with E-state index in [0.29, 0.717) is 5.56 Å². The molecule has 0 bridgehead atoms. The summed E-state index contributed by atoms with van der Waals surface area (Å²) in [5.41, 5.74) is 3.78. The van der Waals surface area contributed by atoms with Crippen LogP contribution >= 0.6 is 0 Å². The summed E-state index contributed by atoms with van der Waals surface area (Å²) in [5, 5.41) is 17.9. The molecule has 0 aliphatic carbocycles. The second-order valence-electron chi connectivity index (χ2n) is 2.38. The molecule has 4 heteroatoms. The molecule has 0 heterocycles. The maximum atomic E-state index is 11.0. The Labute approximate surface area is 69.3 Å². The number of ketones is 1. The number of phenolic OH excluding ortho intramolecular Hbond substituents is 2. The van der Waals surface area contributed by atoms with Crippen molar-refractivity contribution >= 4 is 5.78 Å². The average molecular weight is 168 g/mol. The summed E-state index contributed by atoms with van der Waals surface area (Å²) in [6.07, 6.45) is 0. The Balaban J connectivity index is 3.05. The molecule has 1 aromatic rings. The highest BCUT2D eigenvalue weighted by Crippen LogP contribution is 2.24. The van der Waals surface area contributed by atoms with Gasteiger partial charge < -0.3 is 15.9 Å². The molecular formula is C8H10NO3+. The van der Waals surface area contributed by atoms with E-state index in [1.54, 1.807) is 0 Å². The zero-order valence-electron chi connectivity index (χ0n) is 6.45. The molecule has 0 saturated heterocycles. The summed E-state index contributed by atoms with van der Waals surface area (Å²) in [6.45, 7) is 0.143. The maximum Gasteiger partial charge on any atom is 0.216 e. The number of rotatable bonds is 2. The van der Waals surface area contributed by atoms with Gasteiger partial charge in [0.25, 0.3) is 0 Å². The van der Waals surface area contributed by atoms with Crippen LogP contribution in [0.5, 0.6) is 11.5 Å². The third-order valence-corrected chi connectivity index (χ3v) is 1.52. The minimum atomic E-state index is -0.283. The number of carbonyl (C=O) groups is 1. The minimum Gasteiger partial charge on any atom is -0.504 e. The highest BCUT2D eigenvalue weighted by atomic mass is 16.3. The normalized spacial score (nSPS) is 9.75. The van der Waals surface area contributed by atoms with Crippen molar-refractivity contribution in [3.05, 3.63) is 23.8 Å². The molecule has 0 spiro atoms. The topological polar surface area (TPSA) is 85.2 Å². The van der Waals surface area contributed by atoms with Crippen LogP contribution in [0.4, 0.5) is 0 Å². The molecule has 0 radical (unpaired) electrons. The van der Waals surface area contributed by atoms with Crippen LogP contribution in [0.1, 0.15) is 10.4 Å². The van der Waals surface area contributed by atoms with Gasteiger partial charge in [-0.05, 0) is 18.2 Å². The summed E-state index contributed by atoms with van der Waals surface area (Å²) in [4.78, 5) is 11.0. The van der Waals surface area contributed by atoms with Crippen LogP contribution in [0.3, 0.4) is 0 Å². The first kappa shape index (κ1) is 8.55. The molecule has 0 amide bonds. The summed E-state index contributed by atoms with van der Waals surface area (Å²) in [5.74, 6) is -0.671. The number of phenols is 2. The van der Waals surface area contributed by atoms with E-state index < -0.39 is 0 Å². The number of aromatic hydroxyl groups is 2. The van der Waals surface area contributed by atoms with Gasteiger partial charge in [0.1, 0.15) is 6.54 Å². The Bertz CT molecular complexity index is 309. The van der Waals surface area contributed by atoms with Crippen molar-refractivity contribution in [2.45, 2.75) is 0 Å². The summed E-state index contributed by atoms with van der Waals surface area (Å²) >= 11 is 0. The second-order valence-corrected chi connectivity index (χ2v) is 2.38. The van der Waals surface area contributed by atoms with Crippen molar-refractivity contribution in [3.63, 3.8) is 0 Å². The van der Waals surface area contributed by atoms with Crippen LogP contribution in [0.15, 0.2) is 18.2 Å². The molecule has 0 saturated carbocycles. The van der Waals surface area contributed by atoms with Crippen LogP contribution in [-0.2, 0) is 0 Å². The fourth-order valence-corrected chi connectivity index (χ4v) is 0.841. The third-order valence-electron chi connectivity index (χ3n) is 1.52. The molecule has 5 N–H and O–H groups in total. The van der Waals surface area contributed by atoms with Crippen LogP contribution in [-0.4, -0.2) is 22.5 Å². The lowest BCUT2D eigenvalue weighted by Crippen LogP contribution is -2.54. The first-order valence-electron chi connectivity index (χ1n) is 3.49. The summed E-state index contributed by atoms with van der Waals surface area (Å²) < 4.78 is 0. The van der Waals surface area contributed by atoms with Gasteiger partial charge in [-0.2, -0.15) is 0 Å². The molecule has 4 nitrogen and oxygen atoms in total. The number of Topliss-reactive ketones (excluding diaryl/α,β-unsaturated/α-hetero) is 1. The zero-order chi connectivity index (χ0) is 9.14. The van der Waals surface area contributed by atoms with Gasteiger partial charge in [0.2, 0.25) is 5.78 Å². The molecule has 64 valence electrons. The van der Waals surface area contributed by atoms with E-state index in [2.05, 4.69) is 5.73 Å². The number of benzene rings is 1. The SMILES string of the molecule is [NH3+]CC(=O)c1ccc(O)c(O)c1. The Morgan fingerprint density at radius 2 is 2.00 bits per heavy atom. The van der Waals surface area contributed by atoms with E-state index in [0.717, 1.165) is 0 Å². The highest BCUT2D eigenvalue weighted by Gasteiger charge is 2.07. The van der Waals surface area contributed by atoms with E-state index in [4.69, 9.17) is 10.2 Å². The molecule has 0 unspecified atom stereocenters. The highest BCUT2D eigenvalue weighted by molar-refractivity contribution is 5.97. The molecule has 0 fully saturated rings. The van der Waals surface area contributed by atoms with Gasteiger partial charge in [0, 0.05) is 5.56 Å². The van der Waals surface area contributed by atoms with Crippen molar-refractivity contribution in [1.82, 2.24) is 0 Å². The van der Waals surface area contributed by atoms with Crippen molar-refractivity contribution in [1.29, 1.82) is 0 Å². The van der Waals surface area contributed by atoms with Gasteiger partial charge in [0.05, 0.1) is 0 Å². The van der Waals surface area contributed by atoms with E-state index in [1.165, 1.54) is 18.2 Å². The lowest BCUT2D eigenvalue weighted by atomic mass is 10.1. The van der Waals surface area contributed by atoms with Crippen LogP contribution < -0.4 is 5.73 Å². The second kappa shape index (κ2) is 3.23. The van der Waals surface area contributed by atoms with Gasteiger partial charge in [-0.25, -0.2) is 0 Å². The molecule has 0 atom stereocenters. The monoisotopic (exact) mass is 168 g/mol. The van der Waals surface area contributed by atoms with E-state index in [-0.39, 0.29) is 23.8 Å². The molecule has 1 rings (SSSR count). The predicted molar refractivity (Wildman–Crippen MR) is 41.9 cm³/mol. The van der Waals surface area contributed by atoms with Gasteiger partial charge in [-0.15, -0.1) is 0 Å². The first-order chi connectivity index (χ1) is 5.65. The van der Waals surface area contributed by atoms with E-state index >= 15 is 0 Å². The average Bonchev–Trinajstić information content (AvgIpc) is 2.08. The number of quaternary nitrogens is 1. The minimum absolute atomic E-state index is 0.143. The smallest absolute Gasteiger partial charge is 0.216 e. The van der Waals surface area contributed by atoms with Gasteiger partial charge in [0.15, 0.2) is 11.5 Å². The maximum absolute atomic E-state index is 11.0. The fraction of sp³-hybridized carbons (Fsp3) is 0.125. The standard InChI is InChI=1S/C8H9NO3/c9-4-8(12)5-1-2-6(10)7(11)3-5/h1-3,10-11H,4,9H2/p+1. The molecule has 0 aliphatic rings. The molecular weight excluding hydrogens is 158 g/mol. The Morgan fingerprint density at radius 1 is 1.33 bits per heavy atom. The van der Waals surface area contributed by atoms with Gasteiger partial charge >= 0.3 is 0 Å². The first-order valence-corrected chi connectivity index (χ1v) is 3.49. The number of carbonyl (C=O) groups excluding carboxylic acids is 1. The van der Waals surface area contributed by atoms with Crippen LogP contribution in [0, 0.1) is 0 Å². The molecule has 1 aromatic carbocycles. The van der Waals surface area contributed by atoms with Crippen molar-refractivity contribution in [3.8, 4) is 11.5 Å². The number of hydrogen-bond donors (Lipinski definition) is 3. The fourth-order valence-electron chi connectivity index (χ4n) is 0.841. The molecule has 0 aliphatic heterocycles. The number of hydrogen-bond acceptors (Lipinski definition) is 3. The predicted octanol–water partition coefficient (Wildman–Crippen LogP) is -0.478. The quantitative estimate of drug-likeness (QED) is 0.412. The summed E-state index contributed by atoms with van der Waals surface area (Å²) in [6, 6.07) is 3.95. The van der Waals surface area contributed by atoms with Crippen LogP contribution in [0.25, 0.3) is 0 Å². The molecule has 0 aromatic heterocycles. The van der Waals surface area contributed by atoms with Crippen LogP contribution in [0.2, 0.25) is 0 Å². The van der Waals surface area contributed by atoms with Gasteiger partial charge in [-0.3, -0.25) is 4.79 Å². The van der Waals surface area contributed by atoms with Crippen molar-refractivity contribution in [2.75, 3.05) is 6.54 Å². The summed E-state index contributed by atoms with van der Waals surface area (Å²) in [7, 11) is 0. The van der Waals surface area contributed by atoms with E-state index in [1.807, 2.05) is 0 Å². The largest absolute Gasteiger partial charge is 0.504 e. The molecule has 12 heavy (non-hydrogen) atoms. The van der Waals surface area contributed by atoms with Crippen molar-refractivity contribution < 1.29 is 20.7 Å². The lowest BCUT2D eigenvalue weighted by molar-refractivity contribution is -0.349. The van der Waals surface area contributed by atoms with Crippen molar-refractivity contribution in [2.24, 2.45) is 0 Å². The zero-order valence-corrected chi connectivity index (χ0v) is 6.45. The Hall–Kier alpha value is -1.55. The third kappa shape index (κ3) is 1.54. The Kier molecular flexibility index (Phi) is 2.30. The van der Waals surface area contributed by atoms with E-state index in [9.17, 15) is 4.79 Å². The van der Waals surface area contributed by atoms with Gasteiger partial charge in [-0.1, -0.05) is 0 Å².